The second kappa shape index (κ2) is 2.52. The average Bonchev–Trinajstić information content (AvgIpc) is 2.48. The van der Waals surface area contributed by atoms with Crippen molar-refractivity contribution < 1.29 is 9.90 Å². The second-order valence-electron chi connectivity index (χ2n) is 2.77. The third kappa shape index (κ3) is 1.03. The van der Waals surface area contributed by atoms with Gasteiger partial charge in [0.15, 0.2) is 0 Å². The van der Waals surface area contributed by atoms with E-state index in [-0.39, 0.29) is 5.56 Å². The van der Waals surface area contributed by atoms with Gasteiger partial charge in [-0.3, -0.25) is 4.68 Å². The Hall–Kier alpha value is -1.97. The first-order valence-electron chi connectivity index (χ1n) is 3.78. The summed E-state index contributed by atoms with van der Waals surface area (Å²) < 4.78 is 1.40. The summed E-state index contributed by atoms with van der Waals surface area (Å²) in [4.78, 5) is 10.8. The van der Waals surface area contributed by atoms with Gasteiger partial charge in [0.05, 0.1) is 11.1 Å². The lowest BCUT2D eigenvalue weighted by Crippen LogP contribution is -2.05. The minimum absolute atomic E-state index is 0.279. The number of nitrogens with two attached hydrogens (primary N) is 1. The molecule has 0 aliphatic heterocycles. The standard InChI is InChI=1S/C9H8N2O2/c10-11-5-4-6-7(9(12)13)2-1-3-8(6)11/h1-5H,10H2,(H,12,13). The molecule has 2 aromatic rings. The minimum Gasteiger partial charge on any atom is -0.478 e. The fraction of sp³-hybridized carbons (Fsp3) is 0. The summed E-state index contributed by atoms with van der Waals surface area (Å²) in [5.41, 5.74) is 1.00. The fourth-order valence-electron chi connectivity index (χ4n) is 1.37. The Kier molecular flexibility index (Phi) is 1.48. The van der Waals surface area contributed by atoms with E-state index in [4.69, 9.17) is 10.9 Å². The molecule has 0 radical (unpaired) electrons. The molecule has 0 spiro atoms. The summed E-state index contributed by atoms with van der Waals surface area (Å²) in [5, 5.41) is 9.51. The Balaban J connectivity index is 2.84. The average molecular weight is 176 g/mol. The Morgan fingerprint density at radius 2 is 2.15 bits per heavy atom. The van der Waals surface area contributed by atoms with E-state index >= 15 is 0 Å². The van der Waals surface area contributed by atoms with Gasteiger partial charge in [-0.15, -0.1) is 0 Å². The molecule has 1 aromatic heterocycles. The zero-order chi connectivity index (χ0) is 9.42. The molecular weight excluding hydrogens is 168 g/mol. The van der Waals surface area contributed by atoms with Gasteiger partial charge >= 0.3 is 5.97 Å². The smallest absolute Gasteiger partial charge is 0.336 e. The van der Waals surface area contributed by atoms with E-state index in [1.165, 1.54) is 4.68 Å². The van der Waals surface area contributed by atoms with Gasteiger partial charge < -0.3 is 10.9 Å². The monoisotopic (exact) mass is 176 g/mol. The van der Waals surface area contributed by atoms with Crippen LogP contribution in [0.5, 0.6) is 0 Å². The van der Waals surface area contributed by atoms with Gasteiger partial charge in [0.1, 0.15) is 0 Å². The van der Waals surface area contributed by atoms with Gasteiger partial charge in [-0.2, -0.15) is 0 Å². The van der Waals surface area contributed by atoms with Crippen LogP contribution in [0.3, 0.4) is 0 Å². The van der Waals surface area contributed by atoms with E-state index in [0.29, 0.717) is 5.39 Å². The van der Waals surface area contributed by atoms with Gasteiger partial charge in [0.2, 0.25) is 0 Å². The number of benzene rings is 1. The second-order valence-corrected chi connectivity index (χ2v) is 2.77. The molecule has 13 heavy (non-hydrogen) atoms. The minimum atomic E-state index is -0.934. The van der Waals surface area contributed by atoms with Crippen LogP contribution in [0.2, 0.25) is 0 Å². The van der Waals surface area contributed by atoms with Gasteiger partial charge in [0, 0.05) is 11.6 Å². The summed E-state index contributed by atoms with van der Waals surface area (Å²) in [6, 6.07) is 6.71. The predicted molar refractivity (Wildman–Crippen MR) is 49.0 cm³/mol. The van der Waals surface area contributed by atoms with E-state index in [2.05, 4.69) is 0 Å². The van der Waals surface area contributed by atoms with Gasteiger partial charge in [-0.05, 0) is 18.2 Å². The highest BCUT2D eigenvalue weighted by Crippen LogP contribution is 2.18. The lowest BCUT2D eigenvalue weighted by molar-refractivity contribution is 0.0699. The highest BCUT2D eigenvalue weighted by atomic mass is 16.4. The van der Waals surface area contributed by atoms with Crippen molar-refractivity contribution >= 4 is 16.9 Å². The molecule has 0 aliphatic rings. The molecule has 2 rings (SSSR count). The van der Waals surface area contributed by atoms with Crippen LogP contribution in [0.4, 0.5) is 0 Å². The molecule has 0 fully saturated rings. The number of nitrogens with zero attached hydrogens (tertiary/aromatic N) is 1. The molecule has 0 aliphatic carbocycles. The van der Waals surface area contributed by atoms with Crippen LogP contribution in [0.15, 0.2) is 30.5 Å². The molecule has 0 saturated carbocycles. The number of hydrogen-bond acceptors (Lipinski definition) is 2. The highest BCUT2D eigenvalue weighted by molar-refractivity contribution is 6.02. The zero-order valence-corrected chi connectivity index (χ0v) is 6.77. The van der Waals surface area contributed by atoms with E-state index < -0.39 is 5.97 Å². The Bertz CT molecular complexity index is 473. The number of aromatic carboxylic acids is 1. The van der Waals surface area contributed by atoms with E-state index in [1.54, 1.807) is 30.5 Å². The lowest BCUT2D eigenvalue weighted by Gasteiger charge is -1.98. The number of hydrogen-bond donors (Lipinski definition) is 2. The van der Waals surface area contributed by atoms with Crippen LogP contribution < -0.4 is 5.84 Å². The van der Waals surface area contributed by atoms with Crippen LogP contribution in [0.1, 0.15) is 10.4 Å². The largest absolute Gasteiger partial charge is 0.478 e. The summed E-state index contributed by atoms with van der Waals surface area (Å²) >= 11 is 0. The third-order valence-corrected chi connectivity index (χ3v) is 1.99. The van der Waals surface area contributed by atoms with Crippen molar-refractivity contribution in [3.63, 3.8) is 0 Å². The fourth-order valence-corrected chi connectivity index (χ4v) is 1.37. The molecule has 3 N–H and O–H groups in total. The number of carboxylic acid groups (broad SMARTS) is 1. The maximum Gasteiger partial charge on any atom is 0.336 e. The van der Waals surface area contributed by atoms with E-state index in [9.17, 15) is 4.79 Å². The van der Waals surface area contributed by atoms with E-state index in [0.717, 1.165) is 5.52 Å². The zero-order valence-electron chi connectivity index (χ0n) is 6.77. The molecule has 0 atom stereocenters. The number of carboxylic acids is 1. The van der Waals surface area contributed by atoms with Crippen molar-refractivity contribution in [1.82, 2.24) is 4.68 Å². The lowest BCUT2D eigenvalue weighted by atomic mass is 10.1. The summed E-state index contributed by atoms with van der Waals surface area (Å²) in [7, 11) is 0. The van der Waals surface area contributed by atoms with Crippen LogP contribution in [0.25, 0.3) is 10.9 Å². The van der Waals surface area contributed by atoms with Crippen LogP contribution in [0, 0.1) is 0 Å². The van der Waals surface area contributed by atoms with Crippen LogP contribution in [-0.4, -0.2) is 15.8 Å². The maximum absolute atomic E-state index is 10.8. The normalized spacial score (nSPS) is 10.5. The van der Waals surface area contributed by atoms with Gasteiger partial charge in [-0.25, -0.2) is 4.79 Å². The van der Waals surface area contributed by atoms with Crippen molar-refractivity contribution in [2.24, 2.45) is 0 Å². The summed E-state index contributed by atoms with van der Waals surface area (Å²) in [6.45, 7) is 0. The van der Waals surface area contributed by atoms with Gasteiger partial charge in [-0.1, -0.05) is 6.07 Å². The van der Waals surface area contributed by atoms with Crippen LogP contribution in [-0.2, 0) is 0 Å². The summed E-state index contributed by atoms with van der Waals surface area (Å²) in [5.74, 6) is 4.64. The third-order valence-electron chi connectivity index (χ3n) is 1.99. The molecule has 0 unspecified atom stereocenters. The molecule has 4 heteroatoms. The Morgan fingerprint density at radius 1 is 1.38 bits per heavy atom. The van der Waals surface area contributed by atoms with Crippen molar-refractivity contribution in [1.29, 1.82) is 0 Å². The topological polar surface area (TPSA) is 68.2 Å². The Morgan fingerprint density at radius 3 is 2.85 bits per heavy atom. The number of fused-ring (bicyclic) bond motifs is 1. The first kappa shape index (κ1) is 7.67. The highest BCUT2D eigenvalue weighted by Gasteiger charge is 2.09. The van der Waals surface area contributed by atoms with E-state index in [1.807, 2.05) is 0 Å². The Labute approximate surface area is 74.2 Å². The molecule has 66 valence electrons. The van der Waals surface area contributed by atoms with Crippen molar-refractivity contribution in [2.45, 2.75) is 0 Å². The van der Waals surface area contributed by atoms with Crippen molar-refractivity contribution in [3.05, 3.63) is 36.0 Å². The van der Waals surface area contributed by atoms with Crippen LogP contribution >= 0.6 is 0 Å². The number of aromatic nitrogens is 1. The molecule has 0 bridgehead atoms. The number of nitrogen functional groups attached to an aromatic ring is 1. The number of carbonyl (C=O) groups is 1. The molecule has 1 aromatic carbocycles. The predicted octanol–water partition coefficient (Wildman–Crippen LogP) is 1.05. The first-order valence-corrected chi connectivity index (χ1v) is 3.78. The van der Waals surface area contributed by atoms with Crippen molar-refractivity contribution in [2.75, 3.05) is 5.84 Å². The van der Waals surface area contributed by atoms with Gasteiger partial charge in [0.25, 0.3) is 0 Å². The molecule has 0 saturated heterocycles. The molecule has 0 amide bonds. The molecular formula is C9H8N2O2. The van der Waals surface area contributed by atoms with Crippen molar-refractivity contribution in [3.8, 4) is 0 Å². The number of rotatable bonds is 1. The SMILES string of the molecule is Nn1ccc2c(C(=O)O)cccc21. The first-order chi connectivity index (χ1) is 6.20. The quantitative estimate of drug-likeness (QED) is 0.638. The maximum atomic E-state index is 10.8. The molecule has 1 heterocycles. The molecule has 4 nitrogen and oxygen atoms in total. The summed E-state index contributed by atoms with van der Waals surface area (Å²) in [6.07, 6.45) is 1.64.